The van der Waals surface area contributed by atoms with Gasteiger partial charge in [-0.05, 0) is 48.4 Å². The highest BCUT2D eigenvalue weighted by atomic mass is 19.1. The standard InChI is InChI=1S/C28H30FN5O2/c1-2-15-34(27(35)20-22-7-4-3-5-8-22)21-28(36)33-17-6-16-32(18-19-33)26-14-13-25(30-31-26)23-9-11-24(29)12-10-23/h2-5,7-14H,1,6,15-21H2. The van der Waals surface area contributed by atoms with Gasteiger partial charge >= 0.3 is 0 Å². The van der Waals surface area contributed by atoms with E-state index in [0.29, 0.717) is 31.9 Å². The van der Waals surface area contributed by atoms with Crippen LogP contribution in [-0.4, -0.2) is 71.1 Å². The molecule has 1 aromatic heterocycles. The van der Waals surface area contributed by atoms with E-state index in [1.165, 1.54) is 12.1 Å². The second-order valence-electron chi connectivity index (χ2n) is 8.73. The van der Waals surface area contributed by atoms with Crippen LogP contribution in [0.3, 0.4) is 0 Å². The summed E-state index contributed by atoms with van der Waals surface area (Å²) in [7, 11) is 0. The Balaban J connectivity index is 1.34. The smallest absolute Gasteiger partial charge is 0.242 e. The summed E-state index contributed by atoms with van der Waals surface area (Å²) in [4.78, 5) is 31.4. The van der Waals surface area contributed by atoms with Gasteiger partial charge in [0, 0.05) is 38.3 Å². The number of hydrogen-bond donors (Lipinski definition) is 0. The van der Waals surface area contributed by atoms with Gasteiger partial charge in [-0.3, -0.25) is 9.59 Å². The highest BCUT2D eigenvalue weighted by molar-refractivity contribution is 5.86. The van der Waals surface area contributed by atoms with E-state index >= 15 is 0 Å². The van der Waals surface area contributed by atoms with Crippen LogP contribution in [0.15, 0.2) is 79.4 Å². The molecule has 0 bridgehead atoms. The summed E-state index contributed by atoms with van der Waals surface area (Å²) in [6.45, 7) is 6.62. The quantitative estimate of drug-likeness (QED) is 0.455. The van der Waals surface area contributed by atoms with Crippen molar-refractivity contribution in [3.63, 3.8) is 0 Å². The van der Waals surface area contributed by atoms with Crippen molar-refractivity contribution >= 4 is 17.6 Å². The number of nitrogens with zero attached hydrogens (tertiary/aromatic N) is 5. The van der Waals surface area contributed by atoms with Crippen molar-refractivity contribution in [2.75, 3.05) is 44.2 Å². The van der Waals surface area contributed by atoms with Crippen LogP contribution in [0.25, 0.3) is 11.3 Å². The molecule has 0 atom stereocenters. The number of amides is 2. The van der Waals surface area contributed by atoms with E-state index in [2.05, 4.69) is 21.7 Å². The average molecular weight is 488 g/mol. The number of anilines is 1. The summed E-state index contributed by atoms with van der Waals surface area (Å²) in [6.07, 6.45) is 2.68. The first-order valence-corrected chi connectivity index (χ1v) is 12.1. The first kappa shape index (κ1) is 25.0. The van der Waals surface area contributed by atoms with Crippen molar-refractivity contribution in [1.82, 2.24) is 20.0 Å². The van der Waals surface area contributed by atoms with Crippen LogP contribution >= 0.6 is 0 Å². The number of benzene rings is 2. The zero-order valence-corrected chi connectivity index (χ0v) is 20.2. The summed E-state index contributed by atoms with van der Waals surface area (Å²) >= 11 is 0. The van der Waals surface area contributed by atoms with Crippen molar-refractivity contribution < 1.29 is 14.0 Å². The van der Waals surface area contributed by atoms with E-state index in [9.17, 15) is 14.0 Å². The number of hydrogen-bond acceptors (Lipinski definition) is 5. The van der Waals surface area contributed by atoms with Crippen LogP contribution in [0.2, 0.25) is 0 Å². The molecule has 0 unspecified atom stereocenters. The number of aromatic nitrogens is 2. The second kappa shape index (κ2) is 12.1. The Labute approximate surface area is 210 Å². The summed E-state index contributed by atoms with van der Waals surface area (Å²) in [5.74, 6) is 0.280. The van der Waals surface area contributed by atoms with Crippen molar-refractivity contribution in [2.24, 2.45) is 0 Å². The minimum absolute atomic E-state index is 0.0316. The third-order valence-electron chi connectivity index (χ3n) is 6.19. The predicted molar refractivity (Wildman–Crippen MR) is 138 cm³/mol. The lowest BCUT2D eigenvalue weighted by Gasteiger charge is -2.26. The molecule has 0 aliphatic carbocycles. The van der Waals surface area contributed by atoms with Gasteiger partial charge in [0.15, 0.2) is 5.82 Å². The molecule has 0 saturated carbocycles. The molecule has 2 heterocycles. The molecule has 1 aliphatic heterocycles. The fraction of sp³-hybridized carbons (Fsp3) is 0.286. The molecular formula is C28H30FN5O2. The van der Waals surface area contributed by atoms with Crippen LogP contribution in [0.1, 0.15) is 12.0 Å². The number of carbonyl (C=O) groups is 2. The van der Waals surface area contributed by atoms with E-state index in [4.69, 9.17) is 0 Å². The van der Waals surface area contributed by atoms with Gasteiger partial charge in [0.25, 0.3) is 0 Å². The highest BCUT2D eigenvalue weighted by Crippen LogP contribution is 2.20. The summed E-state index contributed by atoms with van der Waals surface area (Å²) in [6, 6.07) is 19.4. The van der Waals surface area contributed by atoms with Gasteiger partial charge in [0.1, 0.15) is 12.4 Å². The maximum atomic E-state index is 13.2. The van der Waals surface area contributed by atoms with Crippen molar-refractivity contribution in [3.05, 3.63) is 90.8 Å². The number of halogens is 1. The largest absolute Gasteiger partial charge is 0.353 e. The van der Waals surface area contributed by atoms with E-state index in [1.54, 1.807) is 23.1 Å². The zero-order valence-electron chi connectivity index (χ0n) is 20.2. The SMILES string of the molecule is C=CCN(CC(=O)N1CCCN(c2ccc(-c3ccc(F)cc3)nn2)CC1)C(=O)Cc1ccccc1. The minimum Gasteiger partial charge on any atom is -0.353 e. The maximum absolute atomic E-state index is 13.2. The van der Waals surface area contributed by atoms with Gasteiger partial charge in [-0.15, -0.1) is 16.8 Å². The predicted octanol–water partition coefficient (Wildman–Crippen LogP) is 3.58. The molecule has 4 rings (SSSR count). The Morgan fingerprint density at radius 3 is 2.42 bits per heavy atom. The van der Waals surface area contributed by atoms with Gasteiger partial charge in [-0.1, -0.05) is 36.4 Å². The molecule has 1 aliphatic rings. The summed E-state index contributed by atoms with van der Waals surface area (Å²) in [5.41, 5.74) is 2.39. The van der Waals surface area contributed by atoms with Crippen LogP contribution in [0, 0.1) is 5.82 Å². The van der Waals surface area contributed by atoms with Gasteiger partial charge in [0.2, 0.25) is 11.8 Å². The van der Waals surface area contributed by atoms with Crippen LogP contribution in [0.5, 0.6) is 0 Å². The van der Waals surface area contributed by atoms with Crippen LogP contribution in [0.4, 0.5) is 10.2 Å². The Morgan fingerprint density at radius 1 is 0.944 bits per heavy atom. The topological polar surface area (TPSA) is 69.6 Å². The third kappa shape index (κ3) is 6.53. The zero-order chi connectivity index (χ0) is 25.3. The van der Waals surface area contributed by atoms with E-state index in [0.717, 1.165) is 29.9 Å². The second-order valence-corrected chi connectivity index (χ2v) is 8.73. The lowest BCUT2D eigenvalue weighted by Crippen LogP contribution is -2.44. The minimum atomic E-state index is -0.292. The molecule has 1 saturated heterocycles. The molecular weight excluding hydrogens is 457 g/mol. The Hall–Kier alpha value is -4.07. The van der Waals surface area contributed by atoms with Gasteiger partial charge < -0.3 is 14.7 Å². The van der Waals surface area contributed by atoms with E-state index in [1.807, 2.05) is 47.4 Å². The highest BCUT2D eigenvalue weighted by Gasteiger charge is 2.23. The lowest BCUT2D eigenvalue weighted by atomic mass is 10.1. The molecule has 7 nitrogen and oxygen atoms in total. The third-order valence-corrected chi connectivity index (χ3v) is 6.19. The van der Waals surface area contributed by atoms with Crippen LogP contribution in [-0.2, 0) is 16.0 Å². The number of rotatable bonds is 8. The molecule has 1 fully saturated rings. The fourth-order valence-corrected chi connectivity index (χ4v) is 4.22. The van der Waals surface area contributed by atoms with Gasteiger partial charge in [-0.25, -0.2) is 4.39 Å². The fourth-order valence-electron chi connectivity index (χ4n) is 4.22. The van der Waals surface area contributed by atoms with Crippen LogP contribution < -0.4 is 4.90 Å². The molecule has 3 aromatic rings. The summed E-state index contributed by atoms with van der Waals surface area (Å²) < 4.78 is 13.2. The van der Waals surface area contributed by atoms with Crippen molar-refractivity contribution in [3.8, 4) is 11.3 Å². The first-order valence-electron chi connectivity index (χ1n) is 12.1. The molecule has 2 aromatic carbocycles. The van der Waals surface area contributed by atoms with Gasteiger partial charge in [0.05, 0.1) is 12.1 Å². The molecule has 0 N–H and O–H groups in total. The molecule has 36 heavy (non-hydrogen) atoms. The lowest BCUT2D eigenvalue weighted by molar-refractivity contribution is -0.139. The molecule has 186 valence electrons. The van der Waals surface area contributed by atoms with E-state index in [-0.39, 0.29) is 30.6 Å². The molecule has 8 heteroatoms. The summed E-state index contributed by atoms with van der Waals surface area (Å²) in [5, 5.41) is 8.67. The monoisotopic (exact) mass is 487 g/mol. The first-order chi connectivity index (χ1) is 17.5. The normalized spacial score (nSPS) is 13.7. The van der Waals surface area contributed by atoms with Crippen molar-refractivity contribution in [2.45, 2.75) is 12.8 Å². The Morgan fingerprint density at radius 2 is 1.72 bits per heavy atom. The van der Waals surface area contributed by atoms with E-state index < -0.39 is 0 Å². The molecule has 0 radical (unpaired) electrons. The molecule has 2 amide bonds. The Bertz CT molecular complexity index is 1170. The van der Waals surface area contributed by atoms with Gasteiger partial charge in [-0.2, -0.15) is 0 Å². The van der Waals surface area contributed by atoms with Crippen molar-refractivity contribution in [1.29, 1.82) is 0 Å². The maximum Gasteiger partial charge on any atom is 0.242 e. The molecule has 0 spiro atoms. The number of carbonyl (C=O) groups excluding carboxylic acids is 2. The Kier molecular flexibility index (Phi) is 8.39. The average Bonchev–Trinajstić information content (AvgIpc) is 3.16.